The van der Waals surface area contributed by atoms with E-state index in [1.807, 2.05) is 0 Å². The highest BCUT2D eigenvalue weighted by Gasteiger charge is 2.52. The van der Waals surface area contributed by atoms with Gasteiger partial charge in [0.1, 0.15) is 23.2 Å². The van der Waals surface area contributed by atoms with Gasteiger partial charge in [0.15, 0.2) is 5.85 Å². The summed E-state index contributed by atoms with van der Waals surface area (Å²) < 4.78 is 6.32. The summed E-state index contributed by atoms with van der Waals surface area (Å²) in [5.74, 6) is 0.0877. The van der Waals surface area contributed by atoms with E-state index < -0.39 is 7.26 Å². The molecule has 3 rings (SSSR count). The molecule has 0 aliphatic rings. The fourth-order valence-electron chi connectivity index (χ4n) is 3.39. The summed E-state index contributed by atoms with van der Waals surface area (Å²) in [5, 5.41) is 4.86. The highest BCUT2D eigenvalue weighted by molar-refractivity contribution is 9.09. The van der Waals surface area contributed by atoms with E-state index >= 15 is 0 Å². The lowest BCUT2D eigenvalue weighted by atomic mass is 10.4. The van der Waals surface area contributed by atoms with Gasteiger partial charge in [-0.3, -0.25) is 0 Å². The standard InChI is InChI=1S/C22H23BrOP.BrH/c1-2-24-22(18-23)25(19-12-6-3-7-13-19,20-14-8-4-9-15-20)21-16-10-5-11-17-21;/h3-17,22H,2,18H2,1H3;1H/q+1;/p-1. The van der Waals surface area contributed by atoms with Crippen molar-refractivity contribution in [1.29, 1.82) is 0 Å². The molecule has 0 bridgehead atoms. The second-order valence-electron chi connectivity index (χ2n) is 5.79. The van der Waals surface area contributed by atoms with E-state index in [0.717, 1.165) is 5.33 Å². The molecule has 3 aromatic rings. The molecule has 0 aromatic heterocycles. The zero-order chi connectivity index (χ0) is 17.5. The molecular weight excluding hydrogens is 471 g/mol. The van der Waals surface area contributed by atoms with Crippen LogP contribution in [0.4, 0.5) is 0 Å². The monoisotopic (exact) mass is 492 g/mol. The van der Waals surface area contributed by atoms with E-state index in [-0.39, 0.29) is 22.8 Å². The Morgan fingerprint density at radius 2 is 1.08 bits per heavy atom. The van der Waals surface area contributed by atoms with Crippen molar-refractivity contribution >= 4 is 39.1 Å². The lowest BCUT2D eigenvalue weighted by molar-refractivity contribution is -0.00000581. The maximum Gasteiger partial charge on any atom is 0.190 e. The molecule has 0 N–H and O–H groups in total. The molecule has 136 valence electrons. The molecule has 1 nitrogen and oxygen atoms in total. The maximum atomic E-state index is 6.32. The summed E-state index contributed by atoms with van der Waals surface area (Å²) in [6.07, 6.45) is 0. The second-order valence-corrected chi connectivity index (χ2v) is 10.0. The number of alkyl halides is 1. The summed E-state index contributed by atoms with van der Waals surface area (Å²) in [6.45, 7) is 2.77. The third-order valence-electron chi connectivity index (χ3n) is 4.41. The summed E-state index contributed by atoms with van der Waals surface area (Å²) in [5.41, 5.74) is 0. The predicted molar refractivity (Wildman–Crippen MR) is 114 cm³/mol. The lowest BCUT2D eigenvalue weighted by Crippen LogP contribution is -3.00. The first-order chi connectivity index (χ1) is 12.3. The zero-order valence-electron chi connectivity index (χ0n) is 14.8. The van der Waals surface area contributed by atoms with E-state index in [1.165, 1.54) is 15.9 Å². The van der Waals surface area contributed by atoms with E-state index in [9.17, 15) is 0 Å². The smallest absolute Gasteiger partial charge is 0.190 e. The molecule has 0 radical (unpaired) electrons. The Hall–Kier alpha value is -0.990. The average molecular weight is 494 g/mol. The fourth-order valence-corrected chi connectivity index (χ4v) is 9.28. The van der Waals surface area contributed by atoms with Crippen molar-refractivity contribution < 1.29 is 21.7 Å². The molecule has 0 heterocycles. The molecule has 26 heavy (non-hydrogen) atoms. The second kappa shape index (κ2) is 10.4. The minimum atomic E-state index is -1.95. The van der Waals surface area contributed by atoms with Crippen LogP contribution in [0.15, 0.2) is 91.0 Å². The summed E-state index contributed by atoms with van der Waals surface area (Å²) in [4.78, 5) is 0. The summed E-state index contributed by atoms with van der Waals surface area (Å²) in [6, 6.07) is 32.6. The highest BCUT2D eigenvalue weighted by Crippen LogP contribution is 2.60. The number of benzene rings is 3. The van der Waals surface area contributed by atoms with Crippen LogP contribution in [0, 0.1) is 0 Å². The van der Waals surface area contributed by atoms with Gasteiger partial charge in [0, 0.05) is 6.61 Å². The Bertz CT molecular complexity index is 669. The molecule has 1 atom stereocenters. The molecule has 0 aliphatic heterocycles. The van der Waals surface area contributed by atoms with Crippen LogP contribution in [0.25, 0.3) is 0 Å². The van der Waals surface area contributed by atoms with E-state index in [2.05, 4.69) is 114 Å². The largest absolute Gasteiger partial charge is 1.00 e. The summed E-state index contributed by atoms with van der Waals surface area (Å²) >= 11 is 3.75. The molecule has 0 saturated heterocycles. The first-order valence-electron chi connectivity index (χ1n) is 8.57. The van der Waals surface area contributed by atoms with Gasteiger partial charge in [0.25, 0.3) is 0 Å². The van der Waals surface area contributed by atoms with Crippen LogP contribution in [-0.2, 0) is 4.74 Å². The fraction of sp³-hybridized carbons (Fsp3) is 0.182. The molecule has 4 heteroatoms. The molecule has 0 saturated carbocycles. The van der Waals surface area contributed by atoms with Crippen LogP contribution >= 0.6 is 23.2 Å². The van der Waals surface area contributed by atoms with Crippen LogP contribution < -0.4 is 32.9 Å². The van der Waals surface area contributed by atoms with Crippen LogP contribution in [0.5, 0.6) is 0 Å². The lowest BCUT2D eigenvalue weighted by Gasteiger charge is -2.33. The Morgan fingerprint density at radius 1 is 0.731 bits per heavy atom. The van der Waals surface area contributed by atoms with Crippen molar-refractivity contribution in [1.82, 2.24) is 0 Å². The molecule has 1 unspecified atom stereocenters. The summed E-state index contributed by atoms with van der Waals surface area (Å²) in [7, 11) is -1.95. The van der Waals surface area contributed by atoms with Gasteiger partial charge in [-0.1, -0.05) is 70.5 Å². The van der Waals surface area contributed by atoms with Crippen molar-refractivity contribution in [3.63, 3.8) is 0 Å². The van der Waals surface area contributed by atoms with Crippen molar-refractivity contribution in [2.45, 2.75) is 12.8 Å². The Balaban J connectivity index is 0.00000243. The topological polar surface area (TPSA) is 9.23 Å². The van der Waals surface area contributed by atoms with Crippen molar-refractivity contribution in [2.24, 2.45) is 0 Å². The van der Waals surface area contributed by atoms with Gasteiger partial charge in [-0.05, 0) is 43.3 Å². The number of halogens is 2. The van der Waals surface area contributed by atoms with Crippen LogP contribution in [0.3, 0.4) is 0 Å². The van der Waals surface area contributed by atoms with E-state index in [4.69, 9.17) is 4.74 Å². The van der Waals surface area contributed by atoms with Crippen LogP contribution in [0.1, 0.15) is 6.92 Å². The molecular formula is C22H23Br2OP. The van der Waals surface area contributed by atoms with Gasteiger partial charge >= 0.3 is 0 Å². The minimum Gasteiger partial charge on any atom is -1.00 e. The number of rotatable bonds is 7. The Labute approximate surface area is 176 Å². The molecule has 0 amide bonds. The molecule has 0 aliphatic carbocycles. The van der Waals surface area contributed by atoms with Crippen LogP contribution in [-0.4, -0.2) is 17.8 Å². The van der Waals surface area contributed by atoms with Gasteiger partial charge < -0.3 is 21.7 Å². The van der Waals surface area contributed by atoms with Gasteiger partial charge in [-0.25, -0.2) is 0 Å². The third-order valence-corrected chi connectivity index (χ3v) is 10.0. The maximum absolute atomic E-state index is 6.32. The van der Waals surface area contributed by atoms with Gasteiger partial charge in [0.05, 0.1) is 5.33 Å². The number of ether oxygens (including phenoxy) is 1. The van der Waals surface area contributed by atoms with Crippen molar-refractivity contribution in [3.05, 3.63) is 91.0 Å². The average Bonchev–Trinajstić information content (AvgIpc) is 2.70. The first-order valence-corrected chi connectivity index (χ1v) is 11.5. The van der Waals surface area contributed by atoms with E-state index in [1.54, 1.807) is 0 Å². The van der Waals surface area contributed by atoms with E-state index in [0.29, 0.717) is 6.61 Å². The normalized spacial score (nSPS) is 12.2. The quantitative estimate of drug-likeness (QED) is 0.360. The SMILES string of the molecule is CCOC(CBr)[P+](c1ccccc1)(c1ccccc1)c1ccccc1.[Br-]. The van der Waals surface area contributed by atoms with Gasteiger partial charge in [0.2, 0.25) is 0 Å². The zero-order valence-corrected chi connectivity index (χ0v) is 18.8. The van der Waals surface area contributed by atoms with Crippen molar-refractivity contribution in [3.8, 4) is 0 Å². The highest BCUT2D eigenvalue weighted by atomic mass is 79.9. The van der Waals surface area contributed by atoms with Crippen LogP contribution in [0.2, 0.25) is 0 Å². The Kier molecular flexibility index (Phi) is 8.50. The molecule has 3 aromatic carbocycles. The molecule has 0 fully saturated rings. The first kappa shape index (κ1) is 21.3. The van der Waals surface area contributed by atoms with Crippen molar-refractivity contribution in [2.75, 3.05) is 11.9 Å². The Morgan fingerprint density at radius 3 is 1.35 bits per heavy atom. The molecule has 0 spiro atoms. The predicted octanol–water partition coefficient (Wildman–Crippen LogP) is 1.74. The number of hydrogen-bond donors (Lipinski definition) is 0. The number of hydrogen-bond acceptors (Lipinski definition) is 1. The van der Waals surface area contributed by atoms with Gasteiger partial charge in [-0.2, -0.15) is 0 Å². The minimum absolute atomic E-state index is 0. The van der Waals surface area contributed by atoms with Gasteiger partial charge in [-0.15, -0.1) is 0 Å². The third kappa shape index (κ3) is 4.12.